The Morgan fingerprint density at radius 3 is 2.09 bits per heavy atom. The van der Waals surface area contributed by atoms with Crippen LogP contribution in [0.4, 0.5) is 27.6 Å². The average molecular weight is 531 g/mol. The number of rotatable bonds is 5. The monoisotopic (exact) mass is 530 g/mol. The topological polar surface area (TPSA) is 15.6 Å². The van der Waals surface area contributed by atoms with Gasteiger partial charge in [0.2, 0.25) is 0 Å². The summed E-state index contributed by atoms with van der Waals surface area (Å²) in [5.41, 5.74) is 1.11. The van der Waals surface area contributed by atoms with Crippen molar-refractivity contribution < 1.29 is 22.0 Å². The summed E-state index contributed by atoms with van der Waals surface area (Å²) in [4.78, 5) is 1.07. The number of para-hydroxylation sites is 1. The fourth-order valence-corrected chi connectivity index (χ4v) is 4.77. The van der Waals surface area contributed by atoms with E-state index < -0.39 is 30.3 Å². The normalized spacial score (nSPS) is 16.6. The van der Waals surface area contributed by atoms with Crippen LogP contribution in [-0.2, 0) is 0 Å². The van der Waals surface area contributed by atoms with Crippen molar-refractivity contribution in [2.75, 3.05) is 11.3 Å². The molecule has 34 heavy (non-hydrogen) atoms. The minimum absolute atomic E-state index is 0.0700. The molecule has 0 saturated heterocycles. The van der Waals surface area contributed by atoms with Gasteiger partial charge in [0.1, 0.15) is 5.71 Å². The lowest BCUT2D eigenvalue weighted by Crippen LogP contribution is -2.43. The Morgan fingerprint density at radius 2 is 1.50 bits per heavy atom. The van der Waals surface area contributed by atoms with Crippen LogP contribution in [0.15, 0.2) is 76.7 Å². The Kier molecular flexibility index (Phi) is 6.86. The second-order valence-corrected chi connectivity index (χ2v) is 9.30. The van der Waals surface area contributed by atoms with Crippen molar-refractivity contribution in [3.8, 4) is 11.1 Å². The third-order valence-electron chi connectivity index (χ3n) is 5.49. The molecule has 10 heteroatoms. The molecule has 0 amide bonds. The Morgan fingerprint density at radius 1 is 0.882 bits per heavy atom. The zero-order valence-corrected chi connectivity index (χ0v) is 19.9. The summed E-state index contributed by atoms with van der Waals surface area (Å²) in [5.74, 6) is -5.09. The lowest BCUT2D eigenvalue weighted by atomic mass is 9.96. The summed E-state index contributed by atoms with van der Waals surface area (Å²) in [6.07, 6.45) is -4.46. The van der Waals surface area contributed by atoms with Crippen molar-refractivity contribution in [2.24, 2.45) is 5.10 Å². The first-order valence-corrected chi connectivity index (χ1v) is 12.0. The Hall–Kier alpha value is -2.29. The second-order valence-electron chi connectivity index (χ2n) is 7.61. The quantitative estimate of drug-likeness (QED) is 0.241. The van der Waals surface area contributed by atoms with Crippen LogP contribution in [-0.4, -0.2) is 24.1 Å². The highest BCUT2D eigenvalue weighted by Crippen LogP contribution is 2.47. The summed E-state index contributed by atoms with van der Waals surface area (Å²) in [7, 11) is 0. The molecule has 0 radical (unpaired) electrons. The van der Waals surface area contributed by atoms with Crippen molar-refractivity contribution in [3.63, 3.8) is 0 Å². The number of hydrazone groups is 1. The van der Waals surface area contributed by atoms with Gasteiger partial charge >= 0.3 is 12.1 Å². The van der Waals surface area contributed by atoms with Crippen molar-refractivity contribution in [1.82, 2.24) is 0 Å². The molecule has 0 aliphatic carbocycles. The molecule has 0 N–H and O–H groups in total. The third-order valence-corrected chi connectivity index (χ3v) is 6.83. The first kappa shape index (κ1) is 24.8. The molecule has 2 nitrogen and oxygen atoms in total. The largest absolute Gasteiger partial charge is 0.459 e. The average Bonchev–Trinajstić information content (AvgIpc) is 3.24. The van der Waals surface area contributed by atoms with E-state index in [1.807, 2.05) is 30.5 Å². The van der Waals surface area contributed by atoms with E-state index in [4.69, 9.17) is 23.2 Å². The van der Waals surface area contributed by atoms with Crippen LogP contribution < -0.4 is 5.01 Å². The van der Waals surface area contributed by atoms with Gasteiger partial charge in [-0.2, -0.15) is 27.1 Å². The first-order valence-electron chi connectivity index (χ1n) is 10.0. The van der Waals surface area contributed by atoms with Crippen LogP contribution in [0.1, 0.15) is 18.0 Å². The van der Waals surface area contributed by atoms with E-state index in [0.717, 1.165) is 21.0 Å². The fraction of sp³-hybridized carbons (Fsp3) is 0.208. The van der Waals surface area contributed by atoms with Crippen LogP contribution in [0.3, 0.4) is 0 Å². The summed E-state index contributed by atoms with van der Waals surface area (Å²) >= 11 is 14.1. The van der Waals surface area contributed by atoms with Crippen molar-refractivity contribution in [2.45, 2.75) is 29.5 Å². The van der Waals surface area contributed by atoms with E-state index in [1.54, 1.807) is 42.1 Å². The SMILES string of the molecule is CSc1cccc(-c2ccc(C3CC(C(F)(F)C(F)(F)F)=NN3c3c(Cl)cccc3Cl)cc2)c1. The number of anilines is 1. The molecule has 0 saturated carbocycles. The standard InChI is InChI=1S/C24H17Cl2F5N2S/c1-34-17-5-2-4-16(12-17)14-8-10-15(11-9-14)20-13-21(23(27,28)24(29,30)31)32-33(20)22-18(25)6-3-7-19(22)26/h2-12,20H,13H2,1H3. The zero-order chi connectivity index (χ0) is 24.7. The van der Waals surface area contributed by atoms with Gasteiger partial charge in [-0.15, -0.1) is 11.8 Å². The zero-order valence-electron chi connectivity index (χ0n) is 17.6. The number of hydrogen-bond donors (Lipinski definition) is 0. The summed E-state index contributed by atoms with van der Waals surface area (Å²) < 4.78 is 67.7. The van der Waals surface area contributed by atoms with E-state index >= 15 is 0 Å². The van der Waals surface area contributed by atoms with E-state index in [1.165, 1.54) is 12.1 Å². The van der Waals surface area contributed by atoms with Crippen LogP contribution in [0.5, 0.6) is 0 Å². The molecule has 178 valence electrons. The number of thioether (sulfide) groups is 1. The molecule has 3 aromatic rings. The highest BCUT2D eigenvalue weighted by atomic mass is 35.5. The predicted octanol–water partition coefficient (Wildman–Crippen LogP) is 8.89. The summed E-state index contributed by atoms with van der Waals surface area (Å²) in [6.45, 7) is 0. The van der Waals surface area contributed by atoms with Crippen molar-refractivity contribution in [3.05, 3.63) is 82.3 Å². The fourth-order valence-electron chi connectivity index (χ4n) is 3.74. The van der Waals surface area contributed by atoms with Gasteiger partial charge in [-0.25, -0.2) is 0 Å². The first-order chi connectivity index (χ1) is 16.0. The maximum atomic E-state index is 14.2. The number of benzene rings is 3. The maximum Gasteiger partial charge on any atom is 0.459 e. The molecule has 1 aliphatic heterocycles. The van der Waals surface area contributed by atoms with Gasteiger partial charge in [-0.3, -0.25) is 5.01 Å². The Labute approximate surface area is 207 Å². The molecule has 1 aliphatic rings. The van der Waals surface area contributed by atoms with E-state index in [9.17, 15) is 22.0 Å². The molecule has 1 heterocycles. The minimum Gasteiger partial charge on any atom is -0.254 e. The molecule has 0 bridgehead atoms. The van der Waals surface area contributed by atoms with Gasteiger partial charge in [-0.1, -0.05) is 65.7 Å². The smallest absolute Gasteiger partial charge is 0.254 e. The van der Waals surface area contributed by atoms with Crippen molar-refractivity contribution in [1.29, 1.82) is 0 Å². The molecule has 4 rings (SSSR count). The molecule has 1 unspecified atom stereocenters. The van der Waals surface area contributed by atoms with Gasteiger partial charge < -0.3 is 0 Å². The van der Waals surface area contributed by atoms with Crippen LogP contribution in [0, 0.1) is 0 Å². The van der Waals surface area contributed by atoms with E-state index in [0.29, 0.717) is 5.56 Å². The maximum absolute atomic E-state index is 14.2. The summed E-state index contributed by atoms with van der Waals surface area (Å²) in [6, 6.07) is 18.3. The van der Waals surface area contributed by atoms with Gasteiger partial charge in [0.25, 0.3) is 0 Å². The van der Waals surface area contributed by atoms with Gasteiger partial charge in [0, 0.05) is 11.3 Å². The molecule has 0 aromatic heterocycles. The third kappa shape index (κ3) is 4.63. The lowest BCUT2D eigenvalue weighted by molar-refractivity contribution is -0.249. The number of nitrogens with zero attached hydrogens (tertiary/aromatic N) is 2. The van der Waals surface area contributed by atoms with Gasteiger partial charge in [0.05, 0.1) is 21.8 Å². The lowest BCUT2D eigenvalue weighted by Gasteiger charge is -2.26. The summed E-state index contributed by atoms with van der Waals surface area (Å²) in [5, 5.41) is 4.92. The number of halogens is 7. The van der Waals surface area contributed by atoms with Crippen LogP contribution in [0.25, 0.3) is 11.1 Å². The Balaban J connectivity index is 1.75. The van der Waals surface area contributed by atoms with Gasteiger partial charge in [0.15, 0.2) is 0 Å². The Bertz CT molecular complexity index is 1210. The molecular formula is C24H17Cl2F5N2S. The number of hydrogen-bond acceptors (Lipinski definition) is 3. The van der Waals surface area contributed by atoms with Crippen LogP contribution in [0.2, 0.25) is 10.0 Å². The minimum atomic E-state index is -5.77. The molecule has 0 spiro atoms. The number of alkyl halides is 5. The van der Waals surface area contributed by atoms with E-state index in [2.05, 4.69) is 5.10 Å². The van der Waals surface area contributed by atoms with Crippen molar-refractivity contribution >= 4 is 46.4 Å². The predicted molar refractivity (Wildman–Crippen MR) is 128 cm³/mol. The molecule has 3 aromatic carbocycles. The molecule has 0 fully saturated rings. The highest BCUT2D eigenvalue weighted by molar-refractivity contribution is 7.98. The highest BCUT2D eigenvalue weighted by Gasteiger charge is 2.63. The van der Waals surface area contributed by atoms with E-state index in [-0.39, 0.29) is 15.7 Å². The van der Waals surface area contributed by atoms with Gasteiger partial charge in [-0.05, 0) is 47.2 Å². The molecular weight excluding hydrogens is 514 g/mol. The second kappa shape index (κ2) is 9.40. The molecule has 1 atom stereocenters. The van der Waals surface area contributed by atoms with Crippen LogP contribution >= 0.6 is 35.0 Å².